The Morgan fingerprint density at radius 1 is 1.09 bits per heavy atom. The average Bonchev–Trinajstić information content (AvgIpc) is 3.11. The zero-order valence-corrected chi connectivity index (χ0v) is 18.0. The van der Waals surface area contributed by atoms with E-state index in [2.05, 4.69) is 10.3 Å². The van der Waals surface area contributed by atoms with E-state index in [1.165, 1.54) is 29.7 Å². The number of hydrogen-bond acceptors (Lipinski definition) is 5. The first-order valence-corrected chi connectivity index (χ1v) is 9.87. The molecule has 0 saturated carbocycles. The van der Waals surface area contributed by atoms with Crippen molar-refractivity contribution in [2.45, 2.75) is 6.92 Å². The van der Waals surface area contributed by atoms with Gasteiger partial charge < -0.3 is 20.5 Å². The summed E-state index contributed by atoms with van der Waals surface area (Å²) in [5.41, 5.74) is 5.79. The molecule has 0 radical (unpaired) electrons. The Balaban J connectivity index is 1.98. The number of halogens is 4. The number of aromatic nitrogens is 2. The van der Waals surface area contributed by atoms with E-state index < -0.39 is 41.5 Å². The Morgan fingerprint density at radius 2 is 1.79 bits per heavy atom. The zero-order chi connectivity index (χ0) is 24.6. The van der Waals surface area contributed by atoms with Crippen LogP contribution in [0.5, 0.6) is 11.5 Å². The van der Waals surface area contributed by atoms with Gasteiger partial charge in [0.25, 0.3) is 5.91 Å². The molecular formula is C23H18F4N4O3. The molecular weight excluding hydrogens is 456 g/mol. The van der Waals surface area contributed by atoms with Gasteiger partial charge >= 0.3 is 0 Å². The minimum Gasteiger partial charge on any atom is -0.497 e. The highest BCUT2D eigenvalue weighted by Gasteiger charge is 2.24. The third-order valence-electron chi connectivity index (χ3n) is 4.95. The lowest BCUT2D eigenvalue weighted by Gasteiger charge is -2.16. The van der Waals surface area contributed by atoms with Crippen molar-refractivity contribution in [2.24, 2.45) is 5.73 Å². The van der Waals surface area contributed by atoms with Crippen LogP contribution in [0.15, 0.2) is 42.6 Å². The zero-order valence-electron chi connectivity index (χ0n) is 18.0. The summed E-state index contributed by atoms with van der Waals surface area (Å²) >= 11 is 0. The number of aryl methyl sites for hydroxylation is 1. The highest BCUT2D eigenvalue weighted by atomic mass is 19.1. The number of fused-ring (bicyclic) bond motifs is 1. The Morgan fingerprint density at radius 3 is 2.44 bits per heavy atom. The van der Waals surface area contributed by atoms with Gasteiger partial charge in [0.2, 0.25) is 0 Å². The lowest BCUT2D eigenvalue weighted by molar-refractivity contribution is -0.119. The van der Waals surface area contributed by atoms with Crippen LogP contribution in [0.1, 0.15) is 5.56 Å². The van der Waals surface area contributed by atoms with Crippen molar-refractivity contribution in [2.75, 3.05) is 19.0 Å². The number of rotatable bonds is 7. The van der Waals surface area contributed by atoms with Crippen LogP contribution in [-0.4, -0.2) is 29.0 Å². The van der Waals surface area contributed by atoms with Gasteiger partial charge in [-0.1, -0.05) is 0 Å². The molecule has 0 bridgehead atoms. The van der Waals surface area contributed by atoms with Crippen LogP contribution in [-0.2, 0) is 4.79 Å². The molecule has 34 heavy (non-hydrogen) atoms. The monoisotopic (exact) mass is 474 g/mol. The van der Waals surface area contributed by atoms with Gasteiger partial charge in [-0.3, -0.25) is 9.20 Å². The van der Waals surface area contributed by atoms with Crippen molar-refractivity contribution in [3.8, 4) is 22.8 Å². The van der Waals surface area contributed by atoms with Gasteiger partial charge in [0.1, 0.15) is 46.0 Å². The van der Waals surface area contributed by atoms with Crippen molar-refractivity contribution < 1.29 is 31.8 Å². The van der Waals surface area contributed by atoms with Gasteiger partial charge in [-0.25, -0.2) is 22.5 Å². The van der Waals surface area contributed by atoms with E-state index in [0.717, 1.165) is 6.20 Å². The van der Waals surface area contributed by atoms with Crippen molar-refractivity contribution in [1.82, 2.24) is 9.38 Å². The highest BCUT2D eigenvalue weighted by Crippen LogP contribution is 2.41. The number of anilines is 2. The predicted octanol–water partition coefficient (Wildman–Crippen LogP) is 4.48. The first kappa shape index (κ1) is 22.9. The quantitative estimate of drug-likeness (QED) is 0.386. The number of imidazole rings is 1. The van der Waals surface area contributed by atoms with Crippen molar-refractivity contribution in [3.05, 3.63) is 71.4 Å². The molecule has 0 aliphatic rings. The number of hydrogen-bond donors (Lipinski definition) is 2. The number of pyridine rings is 1. The summed E-state index contributed by atoms with van der Waals surface area (Å²) < 4.78 is 68.5. The van der Waals surface area contributed by atoms with Gasteiger partial charge in [-0.05, 0) is 30.7 Å². The third-order valence-corrected chi connectivity index (χ3v) is 4.95. The smallest absolute Gasteiger partial charge is 0.255 e. The maximum Gasteiger partial charge on any atom is 0.255 e. The molecule has 0 unspecified atom stereocenters. The summed E-state index contributed by atoms with van der Waals surface area (Å²) in [5, 5.41) is 2.57. The molecule has 4 rings (SSSR count). The molecule has 0 aliphatic heterocycles. The van der Waals surface area contributed by atoms with E-state index in [-0.39, 0.29) is 22.9 Å². The van der Waals surface area contributed by atoms with Gasteiger partial charge in [0.05, 0.1) is 7.11 Å². The third kappa shape index (κ3) is 4.32. The Bertz CT molecular complexity index is 1400. The number of benzene rings is 2. The fourth-order valence-corrected chi connectivity index (χ4v) is 3.50. The Kier molecular flexibility index (Phi) is 6.01. The van der Waals surface area contributed by atoms with E-state index in [9.17, 15) is 22.4 Å². The minimum atomic E-state index is -1.20. The van der Waals surface area contributed by atoms with E-state index in [1.54, 1.807) is 13.0 Å². The largest absolute Gasteiger partial charge is 0.497 e. The molecule has 2 aromatic carbocycles. The first-order chi connectivity index (χ1) is 16.2. The summed E-state index contributed by atoms with van der Waals surface area (Å²) in [4.78, 5) is 15.8. The van der Waals surface area contributed by atoms with E-state index >= 15 is 0 Å². The normalized spacial score (nSPS) is 11.0. The number of ether oxygens (including phenoxy) is 2. The number of nitrogens with two attached hydrogens (primary N) is 1. The predicted molar refractivity (Wildman–Crippen MR) is 116 cm³/mol. The molecule has 1 amide bonds. The molecule has 11 heteroatoms. The molecule has 2 aromatic heterocycles. The molecule has 0 atom stereocenters. The second kappa shape index (κ2) is 8.93. The number of methoxy groups -OCH3 is 1. The minimum absolute atomic E-state index is 0.0314. The topological polar surface area (TPSA) is 90.9 Å². The van der Waals surface area contributed by atoms with Gasteiger partial charge in [0.15, 0.2) is 18.2 Å². The molecule has 0 aliphatic carbocycles. The molecule has 0 saturated heterocycles. The lowest BCUT2D eigenvalue weighted by atomic mass is 10.0. The van der Waals surface area contributed by atoms with Gasteiger partial charge in [0, 0.05) is 30.0 Å². The SMILES string of the molecule is COc1cc(C)c(-c2nc3ccc(F)cn3c2Nc2c(F)cc(F)cc2F)c(OCC(N)=O)c1. The molecule has 4 aromatic rings. The lowest BCUT2D eigenvalue weighted by Crippen LogP contribution is -2.20. The summed E-state index contributed by atoms with van der Waals surface area (Å²) in [6, 6.07) is 6.69. The van der Waals surface area contributed by atoms with Crippen LogP contribution >= 0.6 is 0 Å². The van der Waals surface area contributed by atoms with Crippen LogP contribution in [0, 0.1) is 30.2 Å². The summed E-state index contributed by atoms with van der Waals surface area (Å²) in [7, 11) is 1.44. The second-order valence-corrected chi connectivity index (χ2v) is 7.33. The molecule has 2 heterocycles. The first-order valence-electron chi connectivity index (χ1n) is 9.87. The van der Waals surface area contributed by atoms with Crippen LogP contribution in [0.2, 0.25) is 0 Å². The van der Waals surface area contributed by atoms with Crippen molar-refractivity contribution in [3.63, 3.8) is 0 Å². The summed E-state index contributed by atoms with van der Waals surface area (Å²) in [6.45, 7) is 1.23. The molecule has 0 spiro atoms. The Labute approximate surface area is 190 Å². The molecule has 0 fully saturated rings. The maximum absolute atomic E-state index is 14.4. The molecule has 7 nitrogen and oxygen atoms in total. The number of amides is 1. The molecule has 3 N–H and O–H groups in total. The van der Waals surface area contributed by atoms with Crippen LogP contribution < -0.4 is 20.5 Å². The van der Waals surface area contributed by atoms with Crippen LogP contribution in [0.25, 0.3) is 16.9 Å². The van der Waals surface area contributed by atoms with Gasteiger partial charge in [-0.15, -0.1) is 0 Å². The van der Waals surface area contributed by atoms with E-state index in [4.69, 9.17) is 15.2 Å². The number of nitrogens with zero attached hydrogens (tertiary/aromatic N) is 2. The molecule has 176 valence electrons. The standard InChI is InChI=1S/C23H18F4N4O3/c1-11-5-14(33-2)8-17(34-10-18(28)32)20(11)22-23(31-9-12(24)3-4-19(31)29-22)30-21-15(26)6-13(25)7-16(21)27/h3-9,30H,10H2,1-2H3,(H2,28,32). The number of carbonyl (C=O) groups is 1. The highest BCUT2D eigenvalue weighted by molar-refractivity contribution is 5.85. The van der Waals surface area contributed by atoms with Crippen LogP contribution in [0.4, 0.5) is 29.1 Å². The second-order valence-electron chi connectivity index (χ2n) is 7.33. The van der Waals surface area contributed by atoms with Gasteiger partial charge in [-0.2, -0.15) is 0 Å². The van der Waals surface area contributed by atoms with Crippen LogP contribution in [0.3, 0.4) is 0 Å². The average molecular weight is 474 g/mol. The number of nitrogens with one attached hydrogen (secondary N) is 1. The van der Waals surface area contributed by atoms with E-state index in [0.29, 0.717) is 29.0 Å². The fourth-order valence-electron chi connectivity index (χ4n) is 3.50. The maximum atomic E-state index is 14.4. The van der Waals surface area contributed by atoms with Crippen molar-refractivity contribution >= 4 is 23.1 Å². The summed E-state index contributed by atoms with van der Waals surface area (Å²) in [5.74, 6) is -4.37. The number of primary amides is 1. The number of carbonyl (C=O) groups excluding carboxylic acids is 1. The van der Waals surface area contributed by atoms with Crippen molar-refractivity contribution in [1.29, 1.82) is 0 Å². The Hall–Kier alpha value is -4.28. The summed E-state index contributed by atoms with van der Waals surface area (Å²) in [6.07, 6.45) is 1.07. The fraction of sp³-hybridized carbons (Fsp3) is 0.130. The van der Waals surface area contributed by atoms with E-state index in [1.807, 2.05) is 0 Å².